The summed E-state index contributed by atoms with van der Waals surface area (Å²) in [5.74, 6) is 1.31. The van der Waals surface area contributed by atoms with Gasteiger partial charge in [-0.3, -0.25) is 10.2 Å². The number of aromatic nitrogens is 3. The summed E-state index contributed by atoms with van der Waals surface area (Å²) in [6, 6.07) is 14.7. The molecule has 2 aromatic heterocycles. The lowest BCUT2D eigenvalue weighted by atomic mass is 9.99. The van der Waals surface area contributed by atoms with Gasteiger partial charge in [-0.05, 0) is 31.0 Å². The second kappa shape index (κ2) is 8.15. The van der Waals surface area contributed by atoms with Crippen LogP contribution in [0.15, 0.2) is 48.8 Å². The van der Waals surface area contributed by atoms with Crippen molar-refractivity contribution in [2.45, 2.75) is 18.9 Å². The second-order valence-corrected chi connectivity index (χ2v) is 7.68. The Labute approximate surface area is 185 Å². The predicted octanol–water partition coefficient (Wildman–Crippen LogP) is 3.44. The molecule has 1 saturated heterocycles. The Kier molecular flexibility index (Phi) is 5.03. The number of carbonyl (C=O) groups is 1. The molecule has 2 aliphatic rings. The van der Waals surface area contributed by atoms with Crippen LogP contribution in [0.2, 0.25) is 0 Å². The number of methoxy groups -OCH3 is 1. The van der Waals surface area contributed by atoms with E-state index in [1.807, 2.05) is 30.3 Å². The van der Waals surface area contributed by atoms with E-state index in [2.05, 4.69) is 26.3 Å². The number of nitrogens with zero attached hydrogens (tertiary/aromatic N) is 6. The molecule has 0 saturated carbocycles. The molecule has 1 atom stereocenters. The topological polar surface area (TPSA) is 107 Å². The smallest absolute Gasteiger partial charge is 0.329 e. The highest BCUT2D eigenvalue weighted by molar-refractivity contribution is 6.04. The van der Waals surface area contributed by atoms with Gasteiger partial charge in [-0.25, -0.2) is 19.7 Å². The first-order chi connectivity index (χ1) is 15.7. The molecule has 2 amide bonds. The fraction of sp³-hybridized carbons (Fsp3) is 0.261. The second-order valence-electron chi connectivity index (χ2n) is 7.68. The van der Waals surface area contributed by atoms with E-state index in [4.69, 9.17) is 9.72 Å². The Balaban J connectivity index is 1.55. The molecule has 9 heteroatoms. The van der Waals surface area contributed by atoms with Gasteiger partial charge in [-0.2, -0.15) is 5.26 Å². The molecule has 32 heavy (non-hydrogen) atoms. The SMILES string of the molecule is COc1cc(NC(=O)N2c3nc(-c4ccccc4C#N)ccc3N3CCC[C@H]2C3)ncn1. The van der Waals surface area contributed by atoms with Crippen molar-refractivity contribution in [2.24, 2.45) is 0 Å². The number of pyridine rings is 1. The van der Waals surface area contributed by atoms with Gasteiger partial charge in [0.2, 0.25) is 5.88 Å². The maximum absolute atomic E-state index is 13.4. The molecule has 0 spiro atoms. The molecule has 0 radical (unpaired) electrons. The van der Waals surface area contributed by atoms with Gasteiger partial charge in [0.05, 0.1) is 36.2 Å². The standard InChI is InChI=1S/C23H21N7O2/c1-32-21-11-20(25-14-26-21)28-23(31)30-16-6-4-10-29(13-16)19-9-8-18(27-22(19)30)17-7-3-2-5-15(17)12-24/h2-3,5,7-9,11,14,16H,4,6,10,13H2,1H3,(H,25,26,28,31)/t16-/m0/s1. The highest BCUT2D eigenvalue weighted by Crippen LogP contribution is 2.40. The number of carbonyl (C=O) groups excluding carboxylic acids is 1. The fourth-order valence-electron chi connectivity index (χ4n) is 4.33. The number of urea groups is 1. The molecule has 0 aliphatic carbocycles. The zero-order valence-electron chi connectivity index (χ0n) is 17.5. The third-order valence-corrected chi connectivity index (χ3v) is 5.81. The Hall–Kier alpha value is -4.19. The van der Waals surface area contributed by atoms with Gasteiger partial charge in [0, 0.05) is 24.7 Å². The number of nitriles is 1. The molecule has 3 aromatic rings. The van der Waals surface area contributed by atoms with E-state index in [0.29, 0.717) is 28.8 Å². The first-order valence-electron chi connectivity index (χ1n) is 10.4. The number of anilines is 3. The number of rotatable bonds is 3. The molecule has 9 nitrogen and oxygen atoms in total. The van der Waals surface area contributed by atoms with Crippen molar-refractivity contribution in [1.29, 1.82) is 5.26 Å². The molecular weight excluding hydrogens is 406 g/mol. The van der Waals surface area contributed by atoms with E-state index >= 15 is 0 Å². The van der Waals surface area contributed by atoms with Crippen molar-refractivity contribution in [1.82, 2.24) is 15.0 Å². The summed E-state index contributed by atoms with van der Waals surface area (Å²) >= 11 is 0. The van der Waals surface area contributed by atoms with Gasteiger partial charge in [-0.15, -0.1) is 0 Å². The third-order valence-electron chi connectivity index (χ3n) is 5.81. The summed E-state index contributed by atoms with van der Waals surface area (Å²) in [7, 11) is 1.51. The Morgan fingerprint density at radius 2 is 2.12 bits per heavy atom. The minimum absolute atomic E-state index is 0.00561. The molecular formula is C23H21N7O2. The Bertz CT molecular complexity index is 1220. The largest absolute Gasteiger partial charge is 0.481 e. The summed E-state index contributed by atoms with van der Waals surface area (Å²) in [5, 5.41) is 12.4. The molecule has 0 unspecified atom stereocenters. The summed E-state index contributed by atoms with van der Waals surface area (Å²) in [6.45, 7) is 1.68. The van der Waals surface area contributed by atoms with E-state index in [1.54, 1.807) is 17.0 Å². The average Bonchev–Trinajstić information content (AvgIpc) is 2.84. The number of fused-ring (bicyclic) bond motifs is 4. The molecule has 4 heterocycles. The summed E-state index contributed by atoms with van der Waals surface area (Å²) in [6.07, 6.45) is 3.22. The van der Waals surface area contributed by atoms with Crippen LogP contribution in [0, 0.1) is 11.3 Å². The first-order valence-corrected chi connectivity index (χ1v) is 10.4. The molecule has 1 fully saturated rings. The maximum atomic E-state index is 13.4. The lowest BCUT2D eigenvalue weighted by Crippen LogP contribution is -2.56. The van der Waals surface area contributed by atoms with Crippen molar-refractivity contribution in [3.63, 3.8) is 0 Å². The zero-order chi connectivity index (χ0) is 22.1. The maximum Gasteiger partial charge on any atom is 0.329 e. The zero-order valence-corrected chi connectivity index (χ0v) is 17.5. The average molecular weight is 427 g/mol. The van der Waals surface area contributed by atoms with Crippen molar-refractivity contribution in [2.75, 3.05) is 35.3 Å². The third kappa shape index (κ3) is 3.46. The van der Waals surface area contributed by atoms with Crippen LogP contribution in [0.25, 0.3) is 11.3 Å². The van der Waals surface area contributed by atoms with Crippen molar-refractivity contribution < 1.29 is 9.53 Å². The van der Waals surface area contributed by atoms with Gasteiger partial charge in [0.1, 0.15) is 12.1 Å². The van der Waals surface area contributed by atoms with Crippen molar-refractivity contribution >= 4 is 23.4 Å². The van der Waals surface area contributed by atoms with Crippen LogP contribution in [0.5, 0.6) is 5.88 Å². The molecule has 1 aromatic carbocycles. The number of benzene rings is 1. The van der Waals surface area contributed by atoms with Gasteiger partial charge >= 0.3 is 6.03 Å². The Morgan fingerprint density at radius 1 is 1.25 bits per heavy atom. The van der Waals surface area contributed by atoms with Gasteiger partial charge in [0.15, 0.2) is 5.82 Å². The van der Waals surface area contributed by atoms with Crippen molar-refractivity contribution in [3.05, 3.63) is 54.4 Å². The van der Waals surface area contributed by atoms with Crippen LogP contribution in [0.4, 0.5) is 22.1 Å². The lowest BCUT2D eigenvalue weighted by Gasteiger charge is -2.45. The van der Waals surface area contributed by atoms with E-state index in [9.17, 15) is 10.1 Å². The van der Waals surface area contributed by atoms with Crippen LogP contribution >= 0.6 is 0 Å². The van der Waals surface area contributed by atoms with Crippen LogP contribution < -0.4 is 19.9 Å². The number of hydrogen-bond donors (Lipinski definition) is 1. The molecule has 2 bridgehead atoms. The van der Waals surface area contributed by atoms with Crippen molar-refractivity contribution in [3.8, 4) is 23.2 Å². The highest BCUT2D eigenvalue weighted by atomic mass is 16.5. The highest BCUT2D eigenvalue weighted by Gasteiger charge is 2.38. The van der Waals surface area contributed by atoms with Crippen LogP contribution in [-0.4, -0.2) is 47.2 Å². The minimum atomic E-state index is -0.309. The quantitative estimate of drug-likeness (QED) is 0.682. The van der Waals surface area contributed by atoms with Gasteiger partial charge in [-0.1, -0.05) is 18.2 Å². The number of piperidine rings is 1. The van der Waals surface area contributed by atoms with Gasteiger partial charge in [0.25, 0.3) is 0 Å². The van der Waals surface area contributed by atoms with Crippen LogP contribution in [0.3, 0.4) is 0 Å². The minimum Gasteiger partial charge on any atom is -0.481 e. The molecule has 160 valence electrons. The number of amides is 2. The predicted molar refractivity (Wildman–Crippen MR) is 120 cm³/mol. The normalized spacial score (nSPS) is 16.7. The van der Waals surface area contributed by atoms with E-state index in [1.165, 1.54) is 13.4 Å². The van der Waals surface area contributed by atoms with E-state index < -0.39 is 0 Å². The van der Waals surface area contributed by atoms with Gasteiger partial charge < -0.3 is 9.64 Å². The summed E-state index contributed by atoms with van der Waals surface area (Å²) in [5.41, 5.74) is 2.85. The number of hydrogen-bond acceptors (Lipinski definition) is 7. The van der Waals surface area contributed by atoms with E-state index in [-0.39, 0.29) is 12.1 Å². The molecule has 1 N–H and O–H groups in total. The summed E-state index contributed by atoms with van der Waals surface area (Å²) < 4.78 is 5.13. The number of nitrogens with one attached hydrogen (secondary N) is 1. The molecule has 5 rings (SSSR count). The van der Waals surface area contributed by atoms with E-state index in [0.717, 1.165) is 37.2 Å². The summed E-state index contributed by atoms with van der Waals surface area (Å²) in [4.78, 5) is 30.4. The fourth-order valence-corrected chi connectivity index (χ4v) is 4.33. The first kappa shape index (κ1) is 19.8. The molecule has 2 aliphatic heterocycles. The monoisotopic (exact) mass is 427 g/mol. The van der Waals surface area contributed by atoms with Crippen LogP contribution in [0.1, 0.15) is 18.4 Å². The Morgan fingerprint density at radius 3 is 2.97 bits per heavy atom. The lowest BCUT2D eigenvalue weighted by molar-refractivity contribution is 0.252. The number of ether oxygens (including phenoxy) is 1. The van der Waals surface area contributed by atoms with Crippen LogP contribution in [-0.2, 0) is 0 Å².